The number of alkyl halides is 3. The summed E-state index contributed by atoms with van der Waals surface area (Å²) in [4.78, 5) is 16.7. The molecule has 1 amide bonds. The molecule has 2 heterocycles. The van der Waals surface area contributed by atoms with Crippen molar-refractivity contribution >= 4 is 11.7 Å². The van der Waals surface area contributed by atoms with Crippen LogP contribution in [0, 0.1) is 0 Å². The first-order valence-electron chi connectivity index (χ1n) is 8.56. The summed E-state index contributed by atoms with van der Waals surface area (Å²) in [5.74, 6) is 0.400. The van der Waals surface area contributed by atoms with Gasteiger partial charge in [-0.15, -0.1) is 0 Å². The van der Waals surface area contributed by atoms with Crippen molar-refractivity contribution in [1.29, 1.82) is 0 Å². The summed E-state index contributed by atoms with van der Waals surface area (Å²) in [7, 11) is 1.55. The topological polar surface area (TPSA) is 56.1 Å². The molecule has 1 aliphatic rings. The summed E-state index contributed by atoms with van der Waals surface area (Å²) < 4.78 is 46.1. The van der Waals surface area contributed by atoms with Crippen molar-refractivity contribution in [1.82, 2.24) is 9.55 Å². The zero-order valence-corrected chi connectivity index (χ0v) is 14.8. The predicted octanol–water partition coefficient (Wildman–Crippen LogP) is 4.37. The molecule has 0 fully saturated rings. The highest BCUT2D eigenvalue weighted by Crippen LogP contribution is 2.41. The van der Waals surface area contributed by atoms with Crippen LogP contribution in [-0.4, -0.2) is 22.6 Å². The molecule has 28 heavy (non-hydrogen) atoms. The first-order chi connectivity index (χ1) is 13.4. The van der Waals surface area contributed by atoms with Crippen molar-refractivity contribution in [2.75, 3.05) is 12.4 Å². The van der Waals surface area contributed by atoms with E-state index in [-0.39, 0.29) is 23.9 Å². The van der Waals surface area contributed by atoms with Gasteiger partial charge < -0.3 is 10.1 Å². The van der Waals surface area contributed by atoms with Gasteiger partial charge in [-0.3, -0.25) is 9.36 Å². The Hall–Kier alpha value is -3.29. The molecule has 0 spiro atoms. The molecule has 5 nitrogen and oxygen atoms in total. The van der Waals surface area contributed by atoms with Gasteiger partial charge in [0.2, 0.25) is 5.91 Å². The zero-order valence-electron chi connectivity index (χ0n) is 14.8. The number of anilines is 1. The average molecular weight is 387 g/mol. The largest absolute Gasteiger partial charge is 0.496 e. The van der Waals surface area contributed by atoms with Crippen LogP contribution < -0.4 is 10.1 Å². The van der Waals surface area contributed by atoms with Crippen molar-refractivity contribution in [3.8, 4) is 11.4 Å². The molecule has 1 aromatic heterocycles. The van der Waals surface area contributed by atoms with Crippen molar-refractivity contribution in [3.63, 3.8) is 0 Å². The van der Waals surface area contributed by atoms with E-state index in [1.54, 1.807) is 13.2 Å². The number of aromatic nitrogens is 2. The van der Waals surface area contributed by atoms with E-state index < -0.39 is 11.7 Å². The lowest BCUT2D eigenvalue weighted by Gasteiger charge is -2.24. The Bertz CT molecular complexity index is 1040. The number of benzene rings is 2. The third-order valence-electron chi connectivity index (χ3n) is 4.74. The third kappa shape index (κ3) is 3.11. The number of rotatable bonds is 3. The highest BCUT2D eigenvalue weighted by molar-refractivity contribution is 5.94. The van der Waals surface area contributed by atoms with Gasteiger partial charge in [-0.1, -0.05) is 24.3 Å². The summed E-state index contributed by atoms with van der Waals surface area (Å²) in [6.07, 6.45) is -2.86. The van der Waals surface area contributed by atoms with Gasteiger partial charge in [0.25, 0.3) is 0 Å². The third-order valence-corrected chi connectivity index (χ3v) is 4.74. The summed E-state index contributed by atoms with van der Waals surface area (Å²) in [5, 5.41) is 2.74. The Morgan fingerprint density at radius 3 is 2.71 bits per heavy atom. The fraction of sp³-hybridized carbons (Fsp3) is 0.200. The maximum atomic E-state index is 13.1. The van der Waals surface area contributed by atoms with E-state index in [4.69, 9.17) is 4.74 Å². The van der Waals surface area contributed by atoms with Gasteiger partial charge in [-0.25, -0.2) is 4.98 Å². The SMILES string of the molecule is COc1ccccc1[C@H]1CC(=O)Nc2c1ncn2-c1cccc(C(F)(F)F)c1. The van der Waals surface area contributed by atoms with Gasteiger partial charge in [0.1, 0.15) is 17.9 Å². The summed E-state index contributed by atoms with van der Waals surface area (Å²) >= 11 is 0. The second-order valence-corrected chi connectivity index (χ2v) is 6.44. The molecule has 8 heteroatoms. The second kappa shape index (κ2) is 6.70. The predicted molar refractivity (Wildman–Crippen MR) is 96.6 cm³/mol. The van der Waals surface area contributed by atoms with E-state index in [0.717, 1.165) is 17.7 Å². The Morgan fingerprint density at radius 1 is 1.18 bits per heavy atom. The number of imidazole rings is 1. The molecule has 144 valence electrons. The number of para-hydroxylation sites is 1. The van der Waals surface area contributed by atoms with E-state index in [1.807, 2.05) is 18.2 Å². The molecular weight excluding hydrogens is 371 g/mol. The minimum Gasteiger partial charge on any atom is -0.496 e. The number of nitrogens with zero attached hydrogens (tertiary/aromatic N) is 2. The van der Waals surface area contributed by atoms with E-state index >= 15 is 0 Å². The van der Waals surface area contributed by atoms with Gasteiger partial charge >= 0.3 is 6.18 Å². The highest BCUT2D eigenvalue weighted by Gasteiger charge is 2.34. The van der Waals surface area contributed by atoms with Crippen molar-refractivity contribution in [3.05, 3.63) is 71.7 Å². The van der Waals surface area contributed by atoms with E-state index in [1.165, 1.54) is 23.0 Å². The van der Waals surface area contributed by atoms with Crippen molar-refractivity contribution in [2.45, 2.75) is 18.5 Å². The molecule has 0 bridgehead atoms. The van der Waals surface area contributed by atoms with Crippen LogP contribution in [0.25, 0.3) is 5.69 Å². The van der Waals surface area contributed by atoms with Gasteiger partial charge in [-0.2, -0.15) is 13.2 Å². The van der Waals surface area contributed by atoms with Gasteiger partial charge in [-0.05, 0) is 24.3 Å². The van der Waals surface area contributed by atoms with E-state index in [2.05, 4.69) is 10.3 Å². The van der Waals surface area contributed by atoms with Crippen LogP contribution in [0.4, 0.5) is 19.0 Å². The first-order valence-corrected chi connectivity index (χ1v) is 8.56. The molecule has 0 aliphatic carbocycles. The molecule has 1 atom stereocenters. The van der Waals surface area contributed by atoms with Crippen LogP contribution in [0.5, 0.6) is 5.75 Å². The van der Waals surface area contributed by atoms with Crippen molar-refractivity contribution < 1.29 is 22.7 Å². The number of carbonyl (C=O) groups is 1. The number of nitrogens with one attached hydrogen (secondary N) is 1. The minimum absolute atomic E-state index is 0.174. The number of amides is 1. The zero-order chi connectivity index (χ0) is 19.9. The van der Waals surface area contributed by atoms with Crippen LogP contribution in [0.3, 0.4) is 0 Å². The van der Waals surface area contributed by atoms with Crippen LogP contribution >= 0.6 is 0 Å². The monoisotopic (exact) mass is 387 g/mol. The van der Waals surface area contributed by atoms with E-state index in [0.29, 0.717) is 17.3 Å². The highest BCUT2D eigenvalue weighted by atomic mass is 19.4. The van der Waals surface area contributed by atoms with Gasteiger partial charge in [0, 0.05) is 23.6 Å². The maximum Gasteiger partial charge on any atom is 0.416 e. The number of methoxy groups -OCH3 is 1. The molecule has 0 saturated carbocycles. The number of hydrogen-bond donors (Lipinski definition) is 1. The van der Waals surface area contributed by atoms with Gasteiger partial charge in [0.15, 0.2) is 0 Å². The summed E-state index contributed by atoms with van der Waals surface area (Å²) in [6.45, 7) is 0. The molecule has 0 radical (unpaired) electrons. The summed E-state index contributed by atoms with van der Waals surface area (Å²) in [6, 6.07) is 12.2. The lowest BCUT2D eigenvalue weighted by molar-refractivity contribution is -0.137. The number of halogens is 3. The molecule has 0 saturated heterocycles. The molecule has 1 aliphatic heterocycles. The molecule has 0 unspecified atom stereocenters. The van der Waals surface area contributed by atoms with Crippen LogP contribution in [0.15, 0.2) is 54.9 Å². The quantitative estimate of drug-likeness (QED) is 0.726. The Labute approximate surface area is 158 Å². The molecular formula is C20H16F3N3O2. The van der Waals surface area contributed by atoms with E-state index in [9.17, 15) is 18.0 Å². The molecule has 3 aromatic rings. The fourth-order valence-corrected chi connectivity index (χ4v) is 3.45. The van der Waals surface area contributed by atoms with Crippen LogP contribution in [0.2, 0.25) is 0 Å². The molecule has 4 rings (SSSR count). The normalized spacial score (nSPS) is 16.4. The Balaban J connectivity index is 1.82. The number of carbonyl (C=O) groups excluding carboxylic acids is 1. The first kappa shape index (κ1) is 18.1. The fourth-order valence-electron chi connectivity index (χ4n) is 3.45. The lowest BCUT2D eigenvalue weighted by Crippen LogP contribution is -2.25. The Morgan fingerprint density at radius 2 is 1.96 bits per heavy atom. The maximum absolute atomic E-state index is 13.1. The smallest absolute Gasteiger partial charge is 0.416 e. The standard InChI is InChI=1S/C20H16F3N3O2/c1-28-16-8-3-2-7-14(16)15-10-17(27)25-19-18(15)24-11-26(19)13-6-4-5-12(9-13)20(21,22)23/h2-9,11,15H,10H2,1H3,(H,25,27)/t15-/m1/s1. The van der Waals surface area contributed by atoms with Crippen molar-refractivity contribution in [2.24, 2.45) is 0 Å². The molecule has 2 aromatic carbocycles. The van der Waals surface area contributed by atoms with Crippen LogP contribution in [-0.2, 0) is 11.0 Å². The van der Waals surface area contributed by atoms with Gasteiger partial charge in [0.05, 0.1) is 18.4 Å². The average Bonchev–Trinajstić information content (AvgIpc) is 3.10. The number of fused-ring (bicyclic) bond motifs is 1. The number of hydrogen-bond acceptors (Lipinski definition) is 3. The molecule has 1 N–H and O–H groups in total. The second-order valence-electron chi connectivity index (χ2n) is 6.44. The summed E-state index contributed by atoms with van der Waals surface area (Å²) in [5.41, 5.74) is 0.886. The van der Waals surface area contributed by atoms with Crippen LogP contribution in [0.1, 0.15) is 29.2 Å². The number of ether oxygens (including phenoxy) is 1. The Kier molecular flexibility index (Phi) is 4.33. The minimum atomic E-state index is -4.46. The lowest BCUT2D eigenvalue weighted by atomic mass is 9.89.